The Balaban J connectivity index is 0.000000640. The second-order valence-electron chi connectivity index (χ2n) is 2.61. The summed E-state index contributed by atoms with van der Waals surface area (Å²) >= 11 is 0. The molecule has 0 radical (unpaired) electrons. The van der Waals surface area contributed by atoms with Crippen LogP contribution in [0.3, 0.4) is 0 Å². The minimum atomic E-state index is 0. The van der Waals surface area contributed by atoms with Crippen LogP contribution in [0.1, 0.15) is 25.7 Å². The summed E-state index contributed by atoms with van der Waals surface area (Å²) in [7, 11) is 0. The van der Waals surface area contributed by atoms with Crippen molar-refractivity contribution < 1.29 is 21.1 Å². The zero-order chi connectivity index (χ0) is 5.98. The molecule has 0 aliphatic heterocycles. The summed E-state index contributed by atoms with van der Waals surface area (Å²) in [6.07, 6.45) is 4.80. The van der Waals surface area contributed by atoms with E-state index in [4.69, 9.17) is 11.5 Å². The molecule has 1 aliphatic rings. The molecule has 0 spiro atoms. The SMILES string of the molecule is NC1CCCCC1N.[Pt+4]. The van der Waals surface area contributed by atoms with Crippen LogP contribution in [-0.2, 0) is 21.1 Å². The van der Waals surface area contributed by atoms with E-state index in [1.165, 1.54) is 12.8 Å². The molecule has 3 heteroatoms. The van der Waals surface area contributed by atoms with Gasteiger partial charge in [-0.25, -0.2) is 0 Å². The second-order valence-corrected chi connectivity index (χ2v) is 2.61. The first-order valence-electron chi connectivity index (χ1n) is 3.32. The van der Waals surface area contributed by atoms with Crippen LogP contribution in [0.4, 0.5) is 0 Å². The monoisotopic (exact) mass is 309 g/mol. The van der Waals surface area contributed by atoms with E-state index in [1.54, 1.807) is 0 Å². The Morgan fingerprint density at radius 3 is 1.44 bits per heavy atom. The Bertz CT molecular complexity index is 67.5. The summed E-state index contributed by atoms with van der Waals surface area (Å²) < 4.78 is 0. The van der Waals surface area contributed by atoms with Gasteiger partial charge >= 0.3 is 21.1 Å². The van der Waals surface area contributed by atoms with Gasteiger partial charge in [-0.2, -0.15) is 0 Å². The van der Waals surface area contributed by atoms with Crippen molar-refractivity contribution in [1.29, 1.82) is 0 Å². The first kappa shape index (κ1) is 9.61. The topological polar surface area (TPSA) is 52.0 Å². The molecule has 0 bridgehead atoms. The van der Waals surface area contributed by atoms with Crippen molar-refractivity contribution in [2.45, 2.75) is 37.8 Å². The maximum atomic E-state index is 5.65. The van der Waals surface area contributed by atoms with E-state index in [1.807, 2.05) is 0 Å². The van der Waals surface area contributed by atoms with E-state index >= 15 is 0 Å². The predicted molar refractivity (Wildman–Crippen MR) is 34.4 cm³/mol. The molecular weight excluding hydrogens is 295 g/mol. The van der Waals surface area contributed by atoms with Gasteiger partial charge in [0, 0.05) is 12.1 Å². The van der Waals surface area contributed by atoms with E-state index in [9.17, 15) is 0 Å². The number of nitrogens with two attached hydrogens (primary N) is 2. The van der Waals surface area contributed by atoms with E-state index < -0.39 is 0 Å². The molecule has 2 atom stereocenters. The van der Waals surface area contributed by atoms with Gasteiger partial charge in [0.15, 0.2) is 0 Å². The van der Waals surface area contributed by atoms with E-state index in [0.717, 1.165) is 12.8 Å². The van der Waals surface area contributed by atoms with Crippen LogP contribution in [0.25, 0.3) is 0 Å². The minimum Gasteiger partial charge on any atom is -0.326 e. The number of hydrogen-bond donors (Lipinski definition) is 2. The Kier molecular flexibility index (Phi) is 4.73. The average molecular weight is 309 g/mol. The van der Waals surface area contributed by atoms with Crippen molar-refractivity contribution in [3.8, 4) is 0 Å². The molecule has 1 aliphatic carbocycles. The van der Waals surface area contributed by atoms with Crippen molar-refractivity contribution in [3.63, 3.8) is 0 Å². The molecule has 1 rings (SSSR count). The van der Waals surface area contributed by atoms with Crippen molar-refractivity contribution in [2.24, 2.45) is 11.5 Å². The molecule has 0 aromatic heterocycles. The summed E-state index contributed by atoms with van der Waals surface area (Å²) in [6.45, 7) is 0. The zero-order valence-corrected chi connectivity index (χ0v) is 7.73. The van der Waals surface area contributed by atoms with Gasteiger partial charge in [-0.1, -0.05) is 12.8 Å². The van der Waals surface area contributed by atoms with Crippen LogP contribution >= 0.6 is 0 Å². The average Bonchev–Trinajstić information content (AvgIpc) is 1.77. The Hall–Kier alpha value is 0.608. The molecule has 0 heterocycles. The molecular formula is C6H14N2Pt+4. The molecule has 54 valence electrons. The van der Waals surface area contributed by atoms with Gasteiger partial charge in [-0.3, -0.25) is 0 Å². The van der Waals surface area contributed by atoms with Gasteiger partial charge in [-0.15, -0.1) is 0 Å². The fourth-order valence-electron chi connectivity index (χ4n) is 1.19. The number of rotatable bonds is 0. The Labute approximate surface area is 70.6 Å². The maximum absolute atomic E-state index is 5.65. The third kappa shape index (κ3) is 2.79. The molecule has 0 aromatic carbocycles. The van der Waals surface area contributed by atoms with Gasteiger partial charge in [0.25, 0.3) is 0 Å². The molecule has 9 heavy (non-hydrogen) atoms. The summed E-state index contributed by atoms with van der Waals surface area (Å²) in [5.41, 5.74) is 11.3. The number of hydrogen-bond acceptors (Lipinski definition) is 2. The largest absolute Gasteiger partial charge is 4.00 e. The summed E-state index contributed by atoms with van der Waals surface area (Å²) in [6, 6.07) is 0.562. The summed E-state index contributed by atoms with van der Waals surface area (Å²) in [5.74, 6) is 0. The van der Waals surface area contributed by atoms with Gasteiger partial charge < -0.3 is 11.5 Å². The third-order valence-corrected chi connectivity index (χ3v) is 1.87. The predicted octanol–water partition coefficient (Wildman–Crippen LogP) is 0.213. The van der Waals surface area contributed by atoms with Crippen molar-refractivity contribution in [1.82, 2.24) is 0 Å². The molecule has 4 N–H and O–H groups in total. The molecule has 2 nitrogen and oxygen atoms in total. The first-order valence-corrected chi connectivity index (χ1v) is 3.32. The van der Waals surface area contributed by atoms with E-state index in [0.29, 0.717) is 0 Å². The van der Waals surface area contributed by atoms with Crippen molar-refractivity contribution in [2.75, 3.05) is 0 Å². The molecule has 1 fully saturated rings. The zero-order valence-electron chi connectivity index (χ0n) is 5.45. The standard InChI is InChI=1S/C6H14N2.Pt/c7-5-3-1-2-4-6(5)8;/h5-6H,1-4,7-8H2;/q;+4. The maximum Gasteiger partial charge on any atom is 4.00 e. The van der Waals surface area contributed by atoms with Crippen LogP contribution < -0.4 is 11.5 Å². The van der Waals surface area contributed by atoms with Crippen LogP contribution in [0.5, 0.6) is 0 Å². The van der Waals surface area contributed by atoms with E-state index in [-0.39, 0.29) is 33.1 Å². The van der Waals surface area contributed by atoms with Gasteiger partial charge in [0.05, 0.1) is 0 Å². The minimum absolute atomic E-state index is 0. The molecule has 0 amide bonds. The summed E-state index contributed by atoms with van der Waals surface area (Å²) in [5, 5.41) is 0. The summed E-state index contributed by atoms with van der Waals surface area (Å²) in [4.78, 5) is 0. The fourth-order valence-corrected chi connectivity index (χ4v) is 1.19. The van der Waals surface area contributed by atoms with Gasteiger partial charge in [0.2, 0.25) is 0 Å². The molecule has 0 aromatic rings. The molecule has 1 saturated carbocycles. The van der Waals surface area contributed by atoms with Crippen molar-refractivity contribution in [3.05, 3.63) is 0 Å². The quantitative estimate of drug-likeness (QED) is 0.672. The van der Waals surface area contributed by atoms with Crippen LogP contribution in [0, 0.1) is 0 Å². The van der Waals surface area contributed by atoms with Crippen LogP contribution in [0.2, 0.25) is 0 Å². The fraction of sp³-hybridized carbons (Fsp3) is 1.00. The second kappa shape index (κ2) is 4.43. The smallest absolute Gasteiger partial charge is 0.326 e. The van der Waals surface area contributed by atoms with Gasteiger partial charge in [0.1, 0.15) is 0 Å². The van der Waals surface area contributed by atoms with Crippen molar-refractivity contribution >= 4 is 0 Å². The molecule has 2 unspecified atom stereocenters. The Morgan fingerprint density at radius 2 is 1.22 bits per heavy atom. The van der Waals surface area contributed by atoms with E-state index in [2.05, 4.69) is 0 Å². The third-order valence-electron chi connectivity index (χ3n) is 1.87. The Morgan fingerprint density at radius 1 is 0.889 bits per heavy atom. The molecule has 0 saturated heterocycles. The normalized spacial score (nSPS) is 35.3. The van der Waals surface area contributed by atoms with Gasteiger partial charge in [-0.05, 0) is 12.8 Å². The van der Waals surface area contributed by atoms with Crippen LogP contribution in [-0.4, -0.2) is 12.1 Å². The van der Waals surface area contributed by atoms with Crippen LogP contribution in [0.15, 0.2) is 0 Å². The first-order chi connectivity index (χ1) is 3.80.